The number of amides is 1. The first-order valence-electron chi connectivity index (χ1n) is 9.45. The Morgan fingerprint density at radius 1 is 1.08 bits per heavy atom. The van der Waals surface area contributed by atoms with E-state index in [4.69, 9.17) is 0 Å². The smallest absolute Gasteiger partial charge is 0.305 e. The highest BCUT2D eigenvalue weighted by molar-refractivity contribution is 5.75. The van der Waals surface area contributed by atoms with E-state index in [1.54, 1.807) is 6.08 Å². The van der Waals surface area contributed by atoms with Gasteiger partial charge in [-0.05, 0) is 25.7 Å². The zero-order valence-corrected chi connectivity index (χ0v) is 15.8. The van der Waals surface area contributed by atoms with Gasteiger partial charge in [0.1, 0.15) is 0 Å². The fourth-order valence-corrected chi connectivity index (χ4v) is 2.28. The van der Waals surface area contributed by atoms with E-state index in [-0.39, 0.29) is 18.0 Å². The molecule has 0 aliphatic rings. The lowest BCUT2D eigenvalue weighted by Crippen LogP contribution is -2.23. The predicted octanol–water partition coefficient (Wildman–Crippen LogP) is 3.67. The van der Waals surface area contributed by atoms with Crippen LogP contribution in [0.4, 0.5) is 0 Å². The molecular formula is C20H35NO4. The Bertz CT molecular complexity index is 405. The highest BCUT2D eigenvalue weighted by atomic mass is 16.5. The topological polar surface area (TPSA) is 75.6 Å². The van der Waals surface area contributed by atoms with Crippen LogP contribution < -0.4 is 5.32 Å². The molecule has 0 aromatic heterocycles. The van der Waals surface area contributed by atoms with Crippen LogP contribution in [0.25, 0.3) is 0 Å². The number of carbonyl (C=O) groups is 2. The number of unbranched alkanes of at least 4 members (excludes halogenated alkanes) is 4. The summed E-state index contributed by atoms with van der Waals surface area (Å²) in [6.45, 7) is 2.76. The van der Waals surface area contributed by atoms with Crippen LogP contribution in [0.15, 0.2) is 24.3 Å². The highest BCUT2D eigenvalue weighted by Gasteiger charge is 2.02. The monoisotopic (exact) mass is 353 g/mol. The maximum atomic E-state index is 11.6. The normalized spacial score (nSPS) is 12.6. The number of esters is 1. The summed E-state index contributed by atoms with van der Waals surface area (Å²) in [4.78, 5) is 22.6. The van der Waals surface area contributed by atoms with Gasteiger partial charge >= 0.3 is 5.97 Å². The Labute approximate surface area is 152 Å². The maximum absolute atomic E-state index is 11.6. The third kappa shape index (κ3) is 17.0. The van der Waals surface area contributed by atoms with Gasteiger partial charge in [-0.3, -0.25) is 9.59 Å². The summed E-state index contributed by atoms with van der Waals surface area (Å²) in [5.74, 6) is -0.146. The third-order valence-corrected chi connectivity index (χ3v) is 3.83. The molecule has 0 aliphatic carbocycles. The van der Waals surface area contributed by atoms with Crippen molar-refractivity contribution in [1.29, 1.82) is 0 Å². The molecule has 0 aromatic carbocycles. The number of hydrogen-bond donors (Lipinski definition) is 2. The van der Waals surface area contributed by atoms with Crippen LogP contribution in [0.1, 0.15) is 71.1 Å². The molecular weight excluding hydrogens is 318 g/mol. The third-order valence-electron chi connectivity index (χ3n) is 3.83. The molecule has 2 N–H and O–H groups in total. The van der Waals surface area contributed by atoms with E-state index in [2.05, 4.69) is 17.0 Å². The minimum atomic E-state index is -0.366. The van der Waals surface area contributed by atoms with Gasteiger partial charge in [-0.15, -0.1) is 0 Å². The minimum Gasteiger partial charge on any atom is -0.469 e. The number of methoxy groups -OCH3 is 1. The van der Waals surface area contributed by atoms with E-state index < -0.39 is 0 Å². The SMILES string of the molecule is CCCCCC(O)/C=C/C=C\CCNC(=O)CCCCCC(=O)OC. The van der Waals surface area contributed by atoms with Crippen LogP contribution in [-0.4, -0.2) is 36.7 Å². The van der Waals surface area contributed by atoms with Gasteiger partial charge in [0.05, 0.1) is 13.2 Å². The summed E-state index contributed by atoms with van der Waals surface area (Å²) < 4.78 is 4.56. The lowest BCUT2D eigenvalue weighted by molar-refractivity contribution is -0.140. The van der Waals surface area contributed by atoms with Gasteiger partial charge in [0.15, 0.2) is 0 Å². The molecule has 1 atom stereocenters. The molecule has 0 saturated carbocycles. The molecule has 0 bridgehead atoms. The van der Waals surface area contributed by atoms with Crippen molar-refractivity contribution in [3.05, 3.63) is 24.3 Å². The van der Waals surface area contributed by atoms with Crippen molar-refractivity contribution in [1.82, 2.24) is 5.32 Å². The quantitative estimate of drug-likeness (QED) is 0.268. The summed E-state index contributed by atoms with van der Waals surface area (Å²) in [6, 6.07) is 0. The molecule has 0 fully saturated rings. The predicted molar refractivity (Wildman–Crippen MR) is 101 cm³/mol. The molecule has 144 valence electrons. The molecule has 0 heterocycles. The molecule has 0 rings (SSSR count). The fourth-order valence-electron chi connectivity index (χ4n) is 2.28. The standard InChI is InChI=1S/C20H35NO4/c1-3-4-8-13-18(22)14-9-5-6-12-17-21-19(23)15-10-7-11-16-20(24)25-2/h5-6,9,14,18,22H,3-4,7-8,10-13,15-17H2,1-2H3,(H,21,23)/b6-5-,14-9+. The van der Waals surface area contributed by atoms with E-state index >= 15 is 0 Å². The second-order valence-electron chi connectivity index (χ2n) is 6.15. The van der Waals surface area contributed by atoms with Crippen LogP contribution >= 0.6 is 0 Å². The molecule has 5 heteroatoms. The van der Waals surface area contributed by atoms with Crippen molar-refractivity contribution in [2.75, 3.05) is 13.7 Å². The fraction of sp³-hybridized carbons (Fsp3) is 0.700. The zero-order chi connectivity index (χ0) is 18.8. The van der Waals surface area contributed by atoms with Gasteiger partial charge < -0.3 is 15.2 Å². The van der Waals surface area contributed by atoms with Crippen LogP contribution in [0.3, 0.4) is 0 Å². The Morgan fingerprint density at radius 3 is 2.56 bits per heavy atom. The van der Waals surface area contributed by atoms with Gasteiger partial charge in [-0.1, -0.05) is 56.9 Å². The molecule has 1 amide bonds. The van der Waals surface area contributed by atoms with Crippen molar-refractivity contribution < 1.29 is 19.4 Å². The number of rotatable bonds is 15. The number of nitrogens with one attached hydrogen (secondary N) is 1. The molecule has 0 saturated heterocycles. The van der Waals surface area contributed by atoms with Crippen molar-refractivity contribution in [3.8, 4) is 0 Å². The van der Waals surface area contributed by atoms with Crippen LogP contribution in [-0.2, 0) is 14.3 Å². The van der Waals surface area contributed by atoms with Crippen molar-refractivity contribution in [2.24, 2.45) is 0 Å². The summed E-state index contributed by atoms with van der Waals surface area (Å²) >= 11 is 0. The Morgan fingerprint density at radius 2 is 1.84 bits per heavy atom. The van der Waals surface area contributed by atoms with Crippen LogP contribution in [0, 0.1) is 0 Å². The van der Waals surface area contributed by atoms with Gasteiger partial charge in [0.25, 0.3) is 0 Å². The number of hydrogen-bond acceptors (Lipinski definition) is 4. The van der Waals surface area contributed by atoms with Crippen LogP contribution in [0.2, 0.25) is 0 Å². The number of ether oxygens (including phenoxy) is 1. The summed E-state index contributed by atoms with van der Waals surface area (Å²) in [7, 11) is 1.38. The highest BCUT2D eigenvalue weighted by Crippen LogP contribution is 2.05. The molecule has 25 heavy (non-hydrogen) atoms. The Balaban J connectivity index is 3.53. The lowest BCUT2D eigenvalue weighted by Gasteiger charge is -2.04. The minimum absolute atomic E-state index is 0.0494. The molecule has 0 radical (unpaired) electrons. The van der Waals surface area contributed by atoms with Gasteiger partial charge in [0, 0.05) is 19.4 Å². The van der Waals surface area contributed by atoms with Gasteiger partial charge in [0.2, 0.25) is 5.91 Å². The van der Waals surface area contributed by atoms with Crippen molar-refractivity contribution in [2.45, 2.75) is 77.2 Å². The first-order valence-corrected chi connectivity index (χ1v) is 9.45. The van der Waals surface area contributed by atoms with Crippen LogP contribution in [0.5, 0.6) is 0 Å². The van der Waals surface area contributed by atoms with Crippen molar-refractivity contribution in [3.63, 3.8) is 0 Å². The van der Waals surface area contributed by atoms with Crippen molar-refractivity contribution >= 4 is 11.9 Å². The number of allylic oxidation sites excluding steroid dienone is 2. The second-order valence-corrected chi connectivity index (χ2v) is 6.15. The van der Waals surface area contributed by atoms with E-state index in [9.17, 15) is 14.7 Å². The molecule has 5 nitrogen and oxygen atoms in total. The Kier molecular flexibility index (Phi) is 16.1. The number of aliphatic hydroxyl groups excluding tert-OH is 1. The average Bonchev–Trinajstić information content (AvgIpc) is 2.60. The zero-order valence-electron chi connectivity index (χ0n) is 15.8. The van der Waals surface area contributed by atoms with E-state index in [0.29, 0.717) is 19.4 Å². The van der Waals surface area contributed by atoms with E-state index in [1.165, 1.54) is 7.11 Å². The molecule has 1 unspecified atom stereocenters. The maximum Gasteiger partial charge on any atom is 0.305 e. The summed E-state index contributed by atoms with van der Waals surface area (Å²) in [5.41, 5.74) is 0. The van der Waals surface area contributed by atoms with E-state index in [1.807, 2.05) is 18.2 Å². The number of aliphatic hydroxyl groups is 1. The summed E-state index contributed by atoms with van der Waals surface area (Å²) in [6.07, 6.45) is 15.5. The first-order chi connectivity index (χ1) is 12.1. The first kappa shape index (κ1) is 23.4. The molecule has 0 aromatic rings. The number of carbonyl (C=O) groups excluding carboxylic acids is 2. The Hall–Kier alpha value is -1.62. The largest absolute Gasteiger partial charge is 0.469 e. The lowest BCUT2D eigenvalue weighted by atomic mass is 10.1. The van der Waals surface area contributed by atoms with Gasteiger partial charge in [-0.25, -0.2) is 0 Å². The van der Waals surface area contributed by atoms with E-state index in [0.717, 1.165) is 51.4 Å². The second kappa shape index (κ2) is 17.2. The molecule has 0 spiro atoms. The van der Waals surface area contributed by atoms with Gasteiger partial charge in [-0.2, -0.15) is 0 Å². The summed E-state index contributed by atoms with van der Waals surface area (Å²) in [5, 5.41) is 12.6. The average molecular weight is 354 g/mol. The molecule has 0 aliphatic heterocycles.